The molecule has 2 nitrogen and oxygen atoms in total. The summed E-state index contributed by atoms with van der Waals surface area (Å²) < 4.78 is 14.7. The molecule has 0 spiro atoms. The van der Waals surface area contributed by atoms with E-state index in [9.17, 15) is 9.18 Å². The Balaban J connectivity index is 2.38. The van der Waals surface area contributed by atoms with Crippen LogP contribution in [0.4, 0.5) is 4.39 Å². The molecule has 22 heavy (non-hydrogen) atoms. The fourth-order valence-corrected chi connectivity index (χ4v) is 4.23. The smallest absolute Gasteiger partial charge is 0.196 e. The van der Waals surface area contributed by atoms with Gasteiger partial charge in [-0.1, -0.05) is 41.4 Å². The zero-order chi connectivity index (χ0) is 15.4. The maximum atomic E-state index is 13.6. The number of hydrogen-bond acceptors (Lipinski definition) is 3. The van der Waals surface area contributed by atoms with Crippen molar-refractivity contribution in [2.24, 2.45) is 0 Å². The highest BCUT2D eigenvalue weighted by Gasteiger charge is 2.16. The topological polar surface area (TPSA) is 30.0 Å². The van der Waals surface area contributed by atoms with Gasteiger partial charge in [-0.3, -0.25) is 4.79 Å². The highest BCUT2D eigenvalue weighted by molar-refractivity contribution is 7.25. The molecule has 0 radical (unpaired) electrons. The summed E-state index contributed by atoms with van der Waals surface area (Å²) in [5.41, 5.74) is 0.344. The lowest BCUT2D eigenvalue weighted by Crippen LogP contribution is -2.03. The van der Waals surface area contributed by atoms with E-state index in [4.69, 9.17) is 23.2 Å². The summed E-state index contributed by atoms with van der Waals surface area (Å²) in [6.07, 6.45) is 0. The number of benzene rings is 2. The molecule has 0 atom stereocenters. The molecule has 0 aliphatic heterocycles. The first-order valence-corrected chi connectivity index (χ1v) is 7.93. The lowest BCUT2D eigenvalue weighted by Gasteiger charge is -2.07. The average Bonchev–Trinajstić information content (AvgIpc) is 2.48. The predicted molar refractivity (Wildman–Crippen MR) is 90.9 cm³/mol. The van der Waals surface area contributed by atoms with E-state index in [0.717, 1.165) is 0 Å². The summed E-state index contributed by atoms with van der Waals surface area (Å²) in [7, 11) is 0. The van der Waals surface area contributed by atoms with Crippen molar-refractivity contribution >= 4 is 65.6 Å². The second-order valence-corrected chi connectivity index (χ2v) is 6.61. The second kappa shape index (κ2) is 4.88. The minimum absolute atomic E-state index is 0.197. The van der Waals surface area contributed by atoms with Crippen molar-refractivity contribution in [1.29, 1.82) is 0 Å². The van der Waals surface area contributed by atoms with Crippen molar-refractivity contribution in [3.8, 4) is 0 Å². The second-order valence-electron chi connectivity index (χ2n) is 4.82. The third kappa shape index (κ3) is 1.92. The Morgan fingerprint density at radius 2 is 1.82 bits per heavy atom. The van der Waals surface area contributed by atoms with Gasteiger partial charge in [-0.25, -0.2) is 9.37 Å². The van der Waals surface area contributed by atoms with Crippen LogP contribution >= 0.6 is 34.5 Å². The van der Waals surface area contributed by atoms with Gasteiger partial charge in [0.1, 0.15) is 11.0 Å². The molecule has 4 aromatic rings. The van der Waals surface area contributed by atoms with Crippen LogP contribution in [0.1, 0.15) is 0 Å². The van der Waals surface area contributed by atoms with E-state index in [1.807, 2.05) is 18.2 Å². The van der Waals surface area contributed by atoms with Crippen LogP contribution in [0.3, 0.4) is 0 Å². The molecule has 2 aromatic carbocycles. The number of halogens is 3. The SMILES string of the molecule is O=c1c2cc(F)cc(Cl)c2sc2c(Cl)nc3ccccc3c12. The summed E-state index contributed by atoms with van der Waals surface area (Å²) in [4.78, 5) is 17.2. The van der Waals surface area contributed by atoms with Crippen molar-refractivity contribution in [3.05, 3.63) is 62.6 Å². The molecule has 0 bridgehead atoms. The van der Waals surface area contributed by atoms with Gasteiger partial charge in [-0.05, 0) is 18.2 Å². The molecule has 2 heterocycles. The molecule has 0 fully saturated rings. The molecule has 108 valence electrons. The molecule has 0 saturated carbocycles. The summed E-state index contributed by atoms with van der Waals surface area (Å²) in [5, 5.41) is 1.86. The van der Waals surface area contributed by atoms with Crippen LogP contribution in [0.15, 0.2) is 41.2 Å². The van der Waals surface area contributed by atoms with Gasteiger partial charge in [0, 0.05) is 10.8 Å². The van der Waals surface area contributed by atoms with Gasteiger partial charge in [0.25, 0.3) is 0 Å². The van der Waals surface area contributed by atoms with Gasteiger partial charge in [0.05, 0.1) is 25.3 Å². The molecule has 0 unspecified atom stereocenters. The Morgan fingerprint density at radius 1 is 1.05 bits per heavy atom. The van der Waals surface area contributed by atoms with E-state index >= 15 is 0 Å². The summed E-state index contributed by atoms with van der Waals surface area (Å²) in [6.45, 7) is 0. The summed E-state index contributed by atoms with van der Waals surface area (Å²) in [5.74, 6) is -0.536. The minimum Gasteiger partial charge on any atom is -0.288 e. The van der Waals surface area contributed by atoms with E-state index < -0.39 is 5.82 Å². The van der Waals surface area contributed by atoms with Crippen molar-refractivity contribution in [2.75, 3.05) is 0 Å². The van der Waals surface area contributed by atoms with E-state index in [1.165, 1.54) is 23.5 Å². The molecule has 0 aliphatic carbocycles. The highest BCUT2D eigenvalue weighted by atomic mass is 35.5. The van der Waals surface area contributed by atoms with Gasteiger partial charge in [-0.2, -0.15) is 0 Å². The molecule has 0 N–H and O–H groups in total. The zero-order valence-corrected chi connectivity index (χ0v) is 13.2. The largest absolute Gasteiger partial charge is 0.288 e. The molecule has 6 heteroatoms. The Bertz CT molecular complexity index is 1140. The predicted octanol–water partition coefficient (Wildman–Crippen LogP) is 5.41. The first kappa shape index (κ1) is 13.9. The number of aromatic nitrogens is 1. The van der Waals surface area contributed by atoms with Crippen LogP contribution in [0.5, 0.6) is 0 Å². The quantitative estimate of drug-likeness (QED) is 0.241. The molecule has 4 rings (SSSR count). The van der Waals surface area contributed by atoms with E-state index in [0.29, 0.717) is 25.7 Å². The number of hydrogen-bond donors (Lipinski definition) is 0. The molecule has 0 aliphatic rings. The summed E-state index contributed by atoms with van der Waals surface area (Å²) >= 11 is 13.6. The molecular formula is C16H6Cl2FNOS. The minimum atomic E-state index is -0.536. The lowest BCUT2D eigenvalue weighted by atomic mass is 10.1. The van der Waals surface area contributed by atoms with Crippen LogP contribution < -0.4 is 5.43 Å². The monoisotopic (exact) mass is 349 g/mol. The van der Waals surface area contributed by atoms with E-state index in [2.05, 4.69) is 4.98 Å². The van der Waals surface area contributed by atoms with Gasteiger partial charge in [0.15, 0.2) is 5.43 Å². The third-order valence-corrected chi connectivity index (χ3v) is 5.53. The molecule has 0 saturated heterocycles. The Labute approximate surface area is 137 Å². The number of fused-ring (bicyclic) bond motifs is 4. The third-order valence-electron chi connectivity index (χ3n) is 3.49. The van der Waals surface area contributed by atoms with Crippen LogP contribution in [-0.4, -0.2) is 4.98 Å². The van der Waals surface area contributed by atoms with Gasteiger partial charge in [-0.15, -0.1) is 11.3 Å². The summed E-state index contributed by atoms with van der Waals surface area (Å²) in [6, 6.07) is 9.64. The normalized spacial score (nSPS) is 11.6. The Kier molecular flexibility index (Phi) is 3.08. The van der Waals surface area contributed by atoms with Crippen LogP contribution in [-0.2, 0) is 0 Å². The Morgan fingerprint density at radius 3 is 2.64 bits per heavy atom. The standard InChI is InChI=1S/C16H6Cl2FNOS/c17-10-6-7(19)5-9-13(21)12-8-3-1-2-4-11(8)20-16(18)15(12)22-14(9)10/h1-6H. The number of pyridine rings is 1. The van der Waals surface area contributed by atoms with Crippen LogP contribution in [0, 0.1) is 5.82 Å². The molecular weight excluding hydrogens is 344 g/mol. The average molecular weight is 350 g/mol. The van der Waals surface area contributed by atoms with Gasteiger partial charge >= 0.3 is 0 Å². The van der Waals surface area contributed by atoms with Crippen molar-refractivity contribution in [3.63, 3.8) is 0 Å². The van der Waals surface area contributed by atoms with E-state index in [-0.39, 0.29) is 21.0 Å². The molecule has 2 aromatic heterocycles. The molecule has 0 amide bonds. The van der Waals surface area contributed by atoms with Gasteiger partial charge in [0.2, 0.25) is 0 Å². The van der Waals surface area contributed by atoms with Crippen LogP contribution in [0.2, 0.25) is 10.2 Å². The van der Waals surface area contributed by atoms with Crippen molar-refractivity contribution in [1.82, 2.24) is 4.98 Å². The maximum Gasteiger partial charge on any atom is 0.196 e. The van der Waals surface area contributed by atoms with E-state index in [1.54, 1.807) is 6.07 Å². The maximum absolute atomic E-state index is 13.6. The number of rotatable bonds is 0. The Hall–Kier alpha value is -1.75. The first-order valence-electron chi connectivity index (χ1n) is 6.36. The fourth-order valence-electron chi connectivity index (χ4n) is 2.55. The highest BCUT2D eigenvalue weighted by Crippen LogP contribution is 2.36. The lowest BCUT2D eigenvalue weighted by molar-refractivity contribution is 0.630. The number of para-hydroxylation sites is 1. The first-order chi connectivity index (χ1) is 10.6. The number of nitrogens with zero attached hydrogens (tertiary/aromatic N) is 1. The van der Waals surface area contributed by atoms with Crippen LogP contribution in [0.25, 0.3) is 31.1 Å². The van der Waals surface area contributed by atoms with Crippen molar-refractivity contribution < 1.29 is 4.39 Å². The van der Waals surface area contributed by atoms with Gasteiger partial charge < -0.3 is 0 Å². The zero-order valence-electron chi connectivity index (χ0n) is 10.9. The van der Waals surface area contributed by atoms with Crippen molar-refractivity contribution in [2.45, 2.75) is 0 Å². The fraction of sp³-hybridized carbons (Fsp3) is 0.